The fourth-order valence-corrected chi connectivity index (χ4v) is 3.44. The van der Waals surface area contributed by atoms with E-state index in [1.165, 1.54) is 6.33 Å². The SMILES string of the molecule is Cc1cc(Nc2ncnc3ccc(OCC(N)=O)cc23)ccc1Oc1ccn2ccnc2c1. The molecule has 5 rings (SSSR count). The van der Waals surface area contributed by atoms with Gasteiger partial charge in [-0.15, -0.1) is 0 Å². The Morgan fingerprint density at radius 2 is 1.94 bits per heavy atom. The Labute approximate surface area is 188 Å². The normalized spacial score (nSPS) is 10.9. The summed E-state index contributed by atoms with van der Waals surface area (Å²) in [4.78, 5) is 24.0. The van der Waals surface area contributed by atoms with Crippen LogP contribution in [0.1, 0.15) is 5.56 Å². The number of rotatable bonds is 7. The molecule has 0 aliphatic carbocycles. The number of carbonyl (C=O) groups is 1. The number of nitrogens with one attached hydrogen (secondary N) is 1. The summed E-state index contributed by atoms with van der Waals surface area (Å²) in [6, 6.07) is 14.9. The van der Waals surface area contributed by atoms with Gasteiger partial charge in [-0.2, -0.15) is 0 Å². The molecule has 0 spiro atoms. The topological polar surface area (TPSA) is 117 Å². The van der Waals surface area contributed by atoms with Gasteiger partial charge >= 0.3 is 0 Å². The number of aryl methyl sites for hydroxylation is 1. The lowest BCUT2D eigenvalue weighted by Crippen LogP contribution is -2.19. The molecule has 9 nitrogen and oxygen atoms in total. The summed E-state index contributed by atoms with van der Waals surface area (Å²) in [6.45, 7) is 1.78. The van der Waals surface area contributed by atoms with E-state index in [-0.39, 0.29) is 6.61 Å². The minimum atomic E-state index is -0.541. The molecule has 3 heterocycles. The van der Waals surface area contributed by atoms with Gasteiger partial charge in [0.25, 0.3) is 5.91 Å². The number of nitrogens with zero attached hydrogens (tertiary/aromatic N) is 4. The first-order valence-corrected chi connectivity index (χ1v) is 10.2. The van der Waals surface area contributed by atoms with E-state index in [1.807, 2.05) is 54.0 Å². The molecular weight excluding hydrogens is 420 g/mol. The predicted molar refractivity (Wildman–Crippen MR) is 124 cm³/mol. The van der Waals surface area contributed by atoms with Gasteiger partial charge in [-0.3, -0.25) is 4.79 Å². The fourth-order valence-electron chi connectivity index (χ4n) is 3.44. The van der Waals surface area contributed by atoms with Crippen LogP contribution >= 0.6 is 0 Å². The van der Waals surface area contributed by atoms with Gasteiger partial charge in [-0.1, -0.05) is 0 Å². The highest BCUT2D eigenvalue weighted by Crippen LogP contribution is 2.31. The van der Waals surface area contributed by atoms with Crippen LogP contribution in [0.15, 0.2) is 73.4 Å². The molecule has 164 valence electrons. The minimum Gasteiger partial charge on any atom is -0.484 e. The van der Waals surface area contributed by atoms with Crippen LogP contribution in [0.3, 0.4) is 0 Å². The van der Waals surface area contributed by atoms with E-state index in [0.29, 0.717) is 17.3 Å². The second-order valence-corrected chi connectivity index (χ2v) is 7.42. The third-order valence-electron chi connectivity index (χ3n) is 5.02. The Morgan fingerprint density at radius 3 is 2.79 bits per heavy atom. The van der Waals surface area contributed by atoms with Crippen molar-refractivity contribution in [3.63, 3.8) is 0 Å². The van der Waals surface area contributed by atoms with Gasteiger partial charge in [0.15, 0.2) is 6.61 Å². The summed E-state index contributed by atoms with van der Waals surface area (Å²) in [7, 11) is 0. The predicted octanol–water partition coefficient (Wildman–Crippen LogP) is 3.99. The van der Waals surface area contributed by atoms with Gasteiger partial charge in [0.2, 0.25) is 0 Å². The molecule has 0 saturated heterocycles. The largest absolute Gasteiger partial charge is 0.484 e. The van der Waals surface area contributed by atoms with Crippen LogP contribution in [0.25, 0.3) is 16.6 Å². The van der Waals surface area contributed by atoms with E-state index in [1.54, 1.807) is 24.4 Å². The van der Waals surface area contributed by atoms with Crippen molar-refractivity contribution in [2.24, 2.45) is 5.73 Å². The molecule has 0 unspecified atom stereocenters. The maximum Gasteiger partial charge on any atom is 0.255 e. The summed E-state index contributed by atoms with van der Waals surface area (Å²) < 4.78 is 13.4. The van der Waals surface area contributed by atoms with Crippen molar-refractivity contribution in [1.82, 2.24) is 19.4 Å². The third-order valence-corrected chi connectivity index (χ3v) is 5.02. The van der Waals surface area contributed by atoms with Crippen LogP contribution in [0.5, 0.6) is 17.2 Å². The quantitative estimate of drug-likeness (QED) is 0.393. The number of ether oxygens (including phenoxy) is 2. The highest BCUT2D eigenvalue weighted by molar-refractivity contribution is 5.91. The molecule has 3 aromatic heterocycles. The zero-order valence-corrected chi connectivity index (χ0v) is 17.7. The number of hydrogen-bond donors (Lipinski definition) is 2. The summed E-state index contributed by atoms with van der Waals surface area (Å²) >= 11 is 0. The van der Waals surface area contributed by atoms with Crippen molar-refractivity contribution in [1.29, 1.82) is 0 Å². The maximum atomic E-state index is 11.0. The number of primary amides is 1. The van der Waals surface area contributed by atoms with Crippen LogP contribution < -0.4 is 20.5 Å². The monoisotopic (exact) mass is 440 g/mol. The number of hydrogen-bond acceptors (Lipinski definition) is 7. The van der Waals surface area contributed by atoms with Crippen molar-refractivity contribution >= 4 is 34.0 Å². The first kappa shape index (κ1) is 20.3. The van der Waals surface area contributed by atoms with Gasteiger partial charge in [0.1, 0.15) is 35.0 Å². The standard InChI is InChI=1S/C24H20N6O3/c1-15-10-16(2-5-21(15)33-18-6-8-30-9-7-26-23(30)12-18)29-24-19-11-17(32-13-22(25)31)3-4-20(19)27-14-28-24/h2-12,14H,13H2,1H3,(H2,25,31)(H,27,28,29). The van der Waals surface area contributed by atoms with Crippen LogP contribution in [-0.2, 0) is 4.79 Å². The second kappa shape index (κ2) is 8.46. The fraction of sp³-hybridized carbons (Fsp3) is 0.0833. The van der Waals surface area contributed by atoms with Crippen molar-refractivity contribution in [3.05, 3.63) is 79.0 Å². The lowest BCUT2D eigenvalue weighted by Gasteiger charge is -2.13. The van der Waals surface area contributed by atoms with E-state index in [4.69, 9.17) is 15.2 Å². The number of nitrogens with two attached hydrogens (primary N) is 1. The molecular formula is C24H20N6O3. The Kier molecular flexibility index (Phi) is 5.19. The van der Waals surface area contributed by atoms with Gasteiger partial charge in [0.05, 0.1) is 5.52 Å². The Bertz CT molecular complexity index is 1480. The van der Waals surface area contributed by atoms with Gasteiger partial charge in [0, 0.05) is 35.7 Å². The lowest BCUT2D eigenvalue weighted by molar-refractivity contribution is -0.119. The number of aromatic nitrogens is 4. The van der Waals surface area contributed by atoms with E-state index < -0.39 is 5.91 Å². The molecule has 0 atom stereocenters. The van der Waals surface area contributed by atoms with Gasteiger partial charge < -0.3 is 24.9 Å². The maximum absolute atomic E-state index is 11.0. The zero-order chi connectivity index (χ0) is 22.8. The molecule has 1 amide bonds. The number of amides is 1. The first-order valence-electron chi connectivity index (χ1n) is 10.2. The zero-order valence-electron chi connectivity index (χ0n) is 17.7. The summed E-state index contributed by atoms with van der Waals surface area (Å²) in [5.41, 5.74) is 8.51. The average molecular weight is 440 g/mol. The molecule has 5 aromatic rings. The smallest absolute Gasteiger partial charge is 0.255 e. The Balaban J connectivity index is 1.38. The van der Waals surface area contributed by atoms with E-state index in [9.17, 15) is 4.79 Å². The number of benzene rings is 2. The number of imidazole rings is 1. The molecule has 0 fully saturated rings. The van der Waals surface area contributed by atoms with Crippen molar-refractivity contribution in [2.75, 3.05) is 11.9 Å². The van der Waals surface area contributed by atoms with Crippen LogP contribution in [0.2, 0.25) is 0 Å². The summed E-state index contributed by atoms with van der Waals surface area (Å²) in [5.74, 6) is 2.03. The van der Waals surface area contributed by atoms with E-state index in [2.05, 4.69) is 20.3 Å². The van der Waals surface area contributed by atoms with Crippen LogP contribution in [0.4, 0.5) is 11.5 Å². The van der Waals surface area contributed by atoms with Crippen molar-refractivity contribution in [2.45, 2.75) is 6.92 Å². The molecule has 9 heteroatoms. The lowest BCUT2D eigenvalue weighted by atomic mass is 10.2. The van der Waals surface area contributed by atoms with Crippen molar-refractivity contribution in [3.8, 4) is 17.2 Å². The molecule has 0 bridgehead atoms. The Hall–Kier alpha value is -4.66. The molecule has 0 saturated carbocycles. The first-order chi connectivity index (χ1) is 16.0. The number of anilines is 2. The van der Waals surface area contributed by atoms with Gasteiger partial charge in [-0.05, 0) is 55.0 Å². The molecule has 2 aromatic carbocycles. The van der Waals surface area contributed by atoms with E-state index >= 15 is 0 Å². The van der Waals surface area contributed by atoms with Crippen molar-refractivity contribution < 1.29 is 14.3 Å². The Morgan fingerprint density at radius 1 is 1.03 bits per heavy atom. The highest BCUT2D eigenvalue weighted by atomic mass is 16.5. The molecule has 3 N–H and O–H groups in total. The minimum absolute atomic E-state index is 0.198. The average Bonchev–Trinajstić information content (AvgIpc) is 3.28. The third kappa shape index (κ3) is 4.38. The number of fused-ring (bicyclic) bond motifs is 2. The number of carbonyl (C=O) groups excluding carboxylic acids is 1. The van der Waals surface area contributed by atoms with Crippen LogP contribution in [0, 0.1) is 6.92 Å². The molecule has 0 aliphatic rings. The number of pyridine rings is 1. The summed E-state index contributed by atoms with van der Waals surface area (Å²) in [6.07, 6.45) is 7.03. The van der Waals surface area contributed by atoms with Crippen LogP contribution in [-0.4, -0.2) is 31.9 Å². The molecule has 0 aliphatic heterocycles. The molecule has 0 radical (unpaired) electrons. The van der Waals surface area contributed by atoms with Gasteiger partial charge in [-0.25, -0.2) is 15.0 Å². The second-order valence-electron chi connectivity index (χ2n) is 7.42. The summed E-state index contributed by atoms with van der Waals surface area (Å²) in [5, 5.41) is 4.08. The molecule has 33 heavy (non-hydrogen) atoms. The highest BCUT2D eigenvalue weighted by Gasteiger charge is 2.09. The van der Waals surface area contributed by atoms with E-state index in [0.717, 1.165) is 33.6 Å².